The first-order valence-corrected chi connectivity index (χ1v) is 6.21. The lowest BCUT2D eigenvalue weighted by Crippen LogP contribution is -2.34. The van der Waals surface area contributed by atoms with Gasteiger partial charge in [0.25, 0.3) is 0 Å². The highest BCUT2D eigenvalue weighted by Crippen LogP contribution is 2.20. The number of carboxylic acid groups (broad SMARTS) is 1. The summed E-state index contributed by atoms with van der Waals surface area (Å²) in [5.74, 6) is -0.869. The first-order valence-electron chi connectivity index (χ1n) is 5.42. The number of carboxylic acids is 1. The van der Waals surface area contributed by atoms with Crippen LogP contribution in [0.15, 0.2) is 22.7 Å². The average Bonchev–Trinajstić information content (AvgIpc) is 2.17. The van der Waals surface area contributed by atoms with Crippen molar-refractivity contribution in [3.05, 3.63) is 33.8 Å². The van der Waals surface area contributed by atoms with E-state index in [2.05, 4.69) is 21.2 Å². The molecule has 3 nitrogen and oxygen atoms in total. The second-order valence-electron chi connectivity index (χ2n) is 4.12. The Kier molecular flexibility index (Phi) is 3.61. The number of aromatic carboxylic acids is 1. The van der Waals surface area contributed by atoms with Crippen LogP contribution in [0.2, 0.25) is 0 Å². The van der Waals surface area contributed by atoms with E-state index < -0.39 is 5.97 Å². The Bertz CT molecular complexity index is 402. The Morgan fingerprint density at radius 3 is 2.81 bits per heavy atom. The predicted molar refractivity (Wildman–Crippen MR) is 65.6 cm³/mol. The molecule has 0 aliphatic heterocycles. The normalized spacial score (nSPS) is 15.8. The van der Waals surface area contributed by atoms with Gasteiger partial charge < -0.3 is 10.4 Å². The lowest BCUT2D eigenvalue weighted by molar-refractivity contribution is 0.0695. The molecule has 86 valence electrons. The smallest absolute Gasteiger partial charge is 0.336 e. The minimum atomic E-state index is -0.869. The molecule has 0 unspecified atom stereocenters. The zero-order valence-corrected chi connectivity index (χ0v) is 10.5. The summed E-state index contributed by atoms with van der Waals surface area (Å²) in [5, 5.41) is 12.4. The zero-order valence-electron chi connectivity index (χ0n) is 8.87. The third-order valence-electron chi connectivity index (χ3n) is 2.99. The lowest BCUT2D eigenvalue weighted by Gasteiger charge is -2.26. The fraction of sp³-hybridized carbons (Fsp3) is 0.417. The third kappa shape index (κ3) is 2.62. The Hall–Kier alpha value is -0.870. The van der Waals surface area contributed by atoms with E-state index in [9.17, 15) is 4.79 Å². The molecule has 0 radical (unpaired) electrons. The molecule has 0 saturated heterocycles. The highest BCUT2D eigenvalue weighted by Gasteiger charge is 2.17. The van der Waals surface area contributed by atoms with Crippen LogP contribution in [0.5, 0.6) is 0 Å². The van der Waals surface area contributed by atoms with Crippen LogP contribution in [0.4, 0.5) is 0 Å². The van der Waals surface area contributed by atoms with Crippen LogP contribution >= 0.6 is 15.9 Å². The first-order chi connectivity index (χ1) is 7.66. The number of rotatable bonds is 4. The summed E-state index contributed by atoms with van der Waals surface area (Å²) in [6, 6.07) is 5.97. The van der Waals surface area contributed by atoms with Crippen LogP contribution in [0.1, 0.15) is 35.2 Å². The van der Waals surface area contributed by atoms with E-state index in [4.69, 9.17) is 5.11 Å². The van der Waals surface area contributed by atoms with Gasteiger partial charge in [-0.25, -0.2) is 4.79 Å². The van der Waals surface area contributed by atoms with Crippen molar-refractivity contribution in [2.75, 3.05) is 0 Å². The molecule has 0 amide bonds. The molecule has 0 heterocycles. The van der Waals surface area contributed by atoms with E-state index >= 15 is 0 Å². The Morgan fingerprint density at radius 2 is 2.25 bits per heavy atom. The number of hydrogen-bond donors (Lipinski definition) is 2. The van der Waals surface area contributed by atoms with E-state index in [-0.39, 0.29) is 0 Å². The Labute approximate surface area is 103 Å². The minimum absolute atomic E-state index is 0.376. The van der Waals surface area contributed by atoms with Gasteiger partial charge >= 0.3 is 5.97 Å². The molecular formula is C12H14BrNO2. The largest absolute Gasteiger partial charge is 0.478 e. The standard InChI is InChI=1S/C12H14BrNO2/c13-9-5-4-8(11(6-9)12(15)16)7-14-10-2-1-3-10/h4-6,10,14H,1-3,7H2,(H,15,16). The van der Waals surface area contributed by atoms with Gasteiger partial charge in [0.2, 0.25) is 0 Å². The topological polar surface area (TPSA) is 49.3 Å². The summed E-state index contributed by atoms with van der Waals surface area (Å²) in [6.07, 6.45) is 3.70. The maximum absolute atomic E-state index is 11.1. The molecule has 0 aromatic heterocycles. The van der Waals surface area contributed by atoms with E-state index in [0.29, 0.717) is 18.2 Å². The molecule has 1 fully saturated rings. The summed E-state index contributed by atoms with van der Waals surface area (Å²) in [5.41, 5.74) is 1.23. The highest BCUT2D eigenvalue weighted by atomic mass is 79.9. The van der Waals surface area contributed by atoms with Crippen LogP contribution in [-0.4, -0.2) is 17.1 Å². The highest BCUT2D eigenvalue weighted by molar-refractivity contribution is 9.10. The number of benzene rings is 1. The molecule has 1 aromatic carbocycles. The van der Waals surface area contributed by atoms with Gasteiger partial charge in [0.15, 0.2) is 0 Å². The summed E-state index contributed by atoms with van der Waals surface area (Å²) in [6.45, 7) is 0.638. The lowest BCUT2D eigenvalue weighted by atomic mass is 9.93. The third-order valence-corrected chi connectivity index (χ3v) is 3.48. The van der Waals surface area contributed by atoms with Crippen molar-refractivity contribution in [2.24, 2.45) is 0 Å². The fourth-order valence-electron chi connectivity index (χ4n) is 1.77. The van der Waals surface area contributed by atoms with Gasteiger partial charge in [0.05, 0.1) is 5.56 Å². The summed E-state index contributed by atoms with van der Waals surface area (Å²) >= 11 is 3.29. The van der Waals surface area contributed by atoms with Crippen molar-refractivity contribution >= 4 is 21.9 Å². The molecule has 4 heteroatoms. The van der Waals surface area contributed by atoms with Crippen molar-refractivity contribution in [1.82, 2.24) is 5.32 Å². The summed E-state index contributed by atoms with van der Waals surface area (Å²) < 4.78 is 0.803. The molecule has 1 aliphatic carbocycles. The predicted octanol–water partition coefficient (Wildman–Crippen LogP) is 2.79. The number of halogens is 1. The number of carbonyl (C=O) groups is 1. The molecular weight excluding hydrogens is 270 g/mol. The van der Waals surface area contributed by atoms with Crippen molar-refractivity contribution < 1.29 is 9.90 Å². The van der Waals surface area contributed by atoms with Gasteiger partial charge in [-0.1, -0.05) is 28.4 Å². The molecule has 1 aliphatic rings. The van der Waals surface area contributed by atoms with E-state index in [1.807, 2.05) is 12.1 Å². The van der Waals surface area contributed by atoms with E-state index in [0.717, 1.165) is 10.0 Å². The Balaban J connectivity index is 2.08. The van der Waals surface area contributed by atoms with Crippen LogP contribution in [0.3, 0.4) is 0 Å². The van der Waals surface area contributed by atoms with Crippen LogP contribution in [0.25, 0.3) is 0 Å². The molecule has 1 aromatic rings. The van der Waals surface area contributed by atoms with Crippen molar-refractivity contribution in [3.63, 3.8) is 0 Å². The molecule has 0 spiro atoms. The monoisotopic (exact) mass is 283 g/mol. The summed E-state index contributed by atoms with van der Waals surface area (Å²) in [7, 11) is 0. The van der Waals surface area contributed by atoms with Crippen molar-refractivity contribution in [3.8, 4) is 0 Å². The van der Waals surface area contributed by atoms with Gasteiger partial charge in [-0.3, -0.25) is 0 Å². The van der Waals surface area contributed by atoms with Crippen molar-refractivity contribution in [2.45, 2.75) is 31.8 Å². The molecule has 2 rings (SSSR count). The minimum Gasteiger partial charge on any atom is -0.478 e. The summed E-state index contributed by atoms with van der Waals surface area (Å²) in [4.78, 5) is 11.1. The molecule has 1 saturated carbocycles. The van der Waals surface area contributed by atoms with E-state index in [1.54, 1.807) is 6.07 Å². The number of nitrogens with one attached hydrogen (secondary N) is 1. The van der Waals surface area contributed by atoms with Crippen molar-refractivity contribution in [1.29, 1.82) is 0 Å². The number of hydrogen-bond acceptors (Lipinski definition) is 2. The molecule has 16 heavy (non-hydrogen) atoms. The average molecular weight is 284 g/mol. The van der Waals surface area contributed by atoms with Gasteiger partial charge in [-0.2, -0.15) is 0 Å². The maximum Gasteiger partial charge on any atom is 0.336 e. The molecule has 0 bridgehead atoms. The zero-order chi connectivity index (χ0) is 11.5. The van der Waals surface area contributed by atoms with Gasteiger partial charge in [-0.05, 0) is 30.5 Å². The van der Waals surface area contributed by atoms with Gasteiger partial charge in [0.1, 0.15) is 0 Å². The fourth-order valence-corrected chi connectivity index (χ4v) is 2.13. The van der Waals surface area contributed by atoms with E-state index in [1.165, 1.54) is 19.3 Å². The van der Waals surface area contributed by atoms with Crippen LogP contribution < -0.4 is 5.32 Å². The molecule has 2 N–H and O–H groups in total. The van der Waals surface area contributed by atoms with Crippen LogP contribution in [0, 0.1) is 0 Å². The SMILES string of the molecule is O=C(O)c1cc(Br)ccc1CNC1CCC1. The quantitative estimate of drug-likeness (QED) is 0.893. The van der Waals surface area contributed by atoms with Gasteiger partial charge in [0, 0.05) is 17.1 Å². The second-order valence-corrected chi connectivity index (χ2v) is 5.03. The van der Waals surface area contributed by atoms with Gasteiger partial charge in [-0.15, -0.1) is 0 Å². The van der Waals surface area contributed by atoms with Crippen LogP contribution in [-0.2, 0) is 6.54 Å². The Morgan fingerprint density at radius 1 is 1.50 bits per heavy atom. The second kappa shape index (κ2) is 4.97. The molecule has 0 atom stereocenters. The maximum atomic E-state index is 11.1. The first kappa shape index (κ1) is 11.6.